The van der Waals surface area contributed by atoms with Crippen LogP contribution in [0.3, 0.4) is 0 Å². The van der Waals surface area contributed by atoms with Crippen molar-refractivity contribution in [2.24, 2.45) is 4.99 Å². The molecule has 0 unspecified atom stereocenters. The van der Waals surface area contributed by atoms with Crippen molar-refractivity contribution in [1.82, 2.24) is 4.90 Å². The van der Waals surface area contributed by atoms with Gasteiger partial charge >= 0.3 is 6.09 Å². The topological polar surface area (TPSA) is 80.6 Å². The summed E-state index contributed by atoms with van der Waals surface area (Å²) in [6.07, 6.45) is -3.71. The molecule has 0 radical (unpaired) electrons. The van der Waals surface area contributed by atoms with Crippen molar-refractivity contribution in [1.29, 1.82) is 0 Å². The number of aliphatic hydroxyl groups excluding tert-OH is 1. The Morgan fingerprint density at radius 1 is 1.30 bits per heavy atom. The molecule has 0 aromatic heterocycles. The first kappa shape index (κ1) is 25.6. The molecule has 1 fully saturated rings. The second kappa shape index (κ2) is 9.05. The molecule has 30 heavy (non-hydrogen) atoms. The number of carbonyl (C=O) groups excluding carboxylic acids is 1. The molecule has 1 N–H and O–H groups in total. The highest BCUT2D eigenvalue weighted by molar-refractivity contribution is 8.14. The minimum atomic E-state index is -1.93. The van der Waals surface area contributed by atoms with Gasteiger partial charge in [0.15, 0.2) is 19.7 Å². The highest BCUT2D eigenvalue weighted by Crippen LogP contribution is 2.40. The van der Waals surface area contributed by atoms with Gasteiger partial charge in [-0.1, -0.05) is 32.5 Å². The molecule has 2 rings (SSSR count). The molecule has 2 aliphatic heterocycles. The molecule has 0 aliphatic carbocycles. The van der Waals surface area contributed by atoms with E-state index in [2.05, 4.69) is 38.9 Å². The molecule has 0 spiro atoms. The molecule has 174 valence electrons. The average molecular weight is 465 g/mol. The van der Waals surface area contributed by atoms with Crippen molar-refractivity contribution in [2.45, 2.75) is 102 Å². The van der Waals surface area contributed by atoms with Gasteiger partial charge in [0.05, 0.1) is 6.10 Å². The molecule has 1 amide bonds. The number of nitrogens with zero attached hydrogens (tertiary/aromatic N) is 2. The number of amidine groups is 1. The molecule has 0 aromatic rings. The van der Waals surface area contributed by atoms with Crippen molar-refractivity contribution in [3.05, 3.63) is 0 Å². The number of hydrogen-bond acceptors (Lipinski definition) is 7. The van der Waals surface area contributed by atoms with E-state index in [9.17, 15) is 14.3 Å². The predicted molar refractivity (Wildman–Crippen MR) is 120 cm³/mol. The lowest BCUT2D eigenvalue weighted by Crippen LogP contribution is -2.53. The Labute approximate surface area is 184 Å². The Hall–Kier alpha value is -0.683. The Morgan fingerprint density at radius 3 is 2.43 bits per heavy atom. The second-order valence-electron chi connectivity index (χ2n) is 10.4. The van der Waals surface area contributed by atoms with Gasteiger partial charge in [0.2, 0.25) is 0 Å². The van der Waals surface area contributed by atoms with Crippen LogP contribution in [0.25, 0.3) is 0 Å². The Morgan fingerprint density at radius 2 is 1.90 bits per heavy atom. The third-order valence-electron chi connectivity index (χ3n) is 5.73. The van der Waals surface area contributed by atoms with E-state index in [1.54, 1.807) is 20.8 Å². The lowest BCUT2D eigenvalue weighted by Gasteiger charge is -2.39. The van der Waals surface area contributed by atoms with E-state index in [0.29, 0.717) is 18.2 Å². The van der Waals surface area contributed by atoms with Crippen molar-refractivity contribution in [3.63, 3.8) is 0 Å². The van der Waals surface area contributed by atoms with Gasteiger partial charge in [0.1, 0.15) is 23.2 Å². The van der Waals surface area contributed by atoms with Gasteiger partial charge in [-0.25, -0.2) is 9.18 Å². The molecule has 0 saturated carbocycles. The standard InChI is InChI=1S/C20H37FN2O5SSi/c1-19(2,3)28-18(25)23(7)17-22-14-13(21)15(24)12(27-16(14)29-17)10-11-26-30(8,9)20(4,5)6/h12-16,24H,10-11H2,1-9H3/t12-,13-,14+,15+,16+/m0/s1. The summed E-state index contributed by atoms with van der Waals surface area (Å²) in [6, 6.07) is -0.859. The van der Waals surface area contributed by atoms with Crippen LogP contribution in [-0.2, 0) is 13.9 Å². The largest absolute Gasteiger partial charge is 0.443 e. The molecule has 0 aromatic carbocycles. The van der Waals surface area contributed by atoms with Gasteiger partial charge in [0, 0.05) is 13.7 Å². The number of ether oxygens (including phenoxy) is 2. The van der Waals surface area contributed by atoms with Crippen LogP contribution in [0.2, 0.25) is 18.1 Å². The van der Waals surface area contributed by atoms with Crippen molar-refractivity contribution in [3.8, 4) is 0 Å². The van der Waals surface area contributed by atoms with Crippen molar-refractivity contribution < 1.29 is 28.2 Å². The number of thioether (sulfide) groups is 1. The summed E-state index contributed by atoms with van der Waals surface area (Å²) in [5.74, 6) is 0. The van der Waals surface area contributed by atoms with E-state index in [-0.39, 0.29) is 5.04 Å². The fourth-order valence-electron chi connectivity index (χ4n) is 2.84. The summed E-state index contributed by atoms with van der Waals surface area (Å²) in [5, 5.41) is 10.8. The summed E-state index contributed by atoms with van der Waals surface area (Å²) in [6.45, 7) is 16.5. The number of aliphatic hydroxyl groups is 1. The fraction of sp³-hybridized carbons (Fsp3) is 0.900. The molecule has 0 bridgehead atoms. The van der Waals surface area contributed by atoms with Crippen LogP contribution in [0.1, 0.15) is 48.0 Å². The number of halogens is 1. The van der Waals surface area contributed by atoms with Crippen LogP contribution in [0.4, 0.5) is 9.18 Å². The first-order valence-electron chi connectivity index (χ1n) is 10.4. The van der Waals surface area contributed by atoms with E-state index in [0.717, 1.165) is 0 Å². The maximum absolute atomic E-state index is 14.9. The van der Waals surface area contributed by atoms with Crippen LogP contribution in [0, 0.1) is 0 Å². The zero-order valence-electron chi connectivity index (χ0n) is 19.6. The third kappa shape index (κ3) is 5.97. The summed E-state index contributed by atoms with van der Waals surface area (Å²) in [4.78, 5) is 17.8. The van der Waals surface area contributed by atoms with E-state index in [1.165, 1.54) is 23.7 Å². The van der Waals surface area contributed by atoms with Crippen molar-refractivity contribution in [2.75, 3.05) is 13.7 Å². The monoisotopic (exact) mass is 464 g/mol. The molecule has 2 aliphatic rings. The van der Waals surface area contributed by atoms with Gasteiger partial charge in [0.25, 0.3) is 0 Å². The van der Waals surface area contributed by atoms with Gasteiger partial charge in [-0.2, -0.15) is 0 Å². The molecule has 10 heteroatoms. The number of alkyl halides is 1. The number of rotatable bonds is 4. The van der Waals surface area contributed by atoms with E-state index in [4.69, 9.17) is 13.9 Å². The van der Waals surface area contributed by atoms with Gasteiger partial charge < -0.3 is 19.0 Å². The SMILES string of the molecule is CN(C(=O)OC(C)(C)C)C1=N[C@@H]2[C@H](F)[C@H](O)[C@H](CCO[Si](C)(C)C(C)(C)C)O[C@@H]2S1. The Bertz CT molecular complexity index is 665. The predicted octanol–water partition coefficient (Wildman–Crippen LogP) is 4.16. The lowest BCUT2D eigenvalue weighted by atomic mass is 9.98. The number of hydrogen-bond donors (Lipinski definition) is 1. The third-order valence-corrected chi connectivity index (χ3v) is 11.5. The molecule has 5 atom stereocenters. The van der Waals surface area contributed by atoms with Crippen LogP contribution in [0.15, 0.2) is 4.99 Å². The number of fused-ring (bicyclic) bond motifs is 1. The Balaban J connectivity index is 1.97. The fourth-order valence-corrected chi connectivity index (χ4v) is 5.07. The quantitative estimate of drug-likeness (QED) is 0.629. The minimum Gasteiger partial charge on any atom is -0.443 e. The van der Waals surface area contributed by atoms with Crippen LogP contribution in [-0.4, -0.2) is 78.7 Å². The maximum atomic E-state index is 14.9. The number of aliphatic imine (C=N–C) groups is 1. The van der Waals surface area contributed by atoms with E-state index in [1.807, 2.05) is 0 Å². The zero-order valence-corrected chi connectivity index (χ0v) is 21.4. The molecule has 2 heterocycles. The normalized spacial score (nSPS) is 30.0. The summed E-state index contributed by atoms with van der Waals surface area (Å²) in [5.41, 5.74) is -1.24. The summed E-state index contributed by atoms with van der Waals surface area (Å²) < 4.78 is 32.4. The molecular weight excluding hydrogens is 427 g/mol. The van der Waals surface area contributed by atoms with Gasteiger partial charge in [-0.05, 0) is 45.3 Å². The highest BCUT2D eigenvalue weighted by atomic mass is 32.2. The molecule has 7 nitrogen and oxygen atoms in total. The number of amides is 1. The van der Waals surface area contributed by atoms with E-state index < -0.39 is 49.9 Å². The van der Waals surface area contributed by atoms with Crippen LogP contribution >= 0.6 is 11.8 Å². The van der Waals surface area contributed by atoms with Crippen molar-refractivity contribution >= 4 is 31.3 Å². The zero-order chi connectivity index (χ0) is 23.1. The van der Waals surface area contributed by atoms with Crippen LogP contribution < -0.4 is 0 Å². The molecule has 1 saturated heterocycles. The minimum absolute atomic E-state index is 0.0725. The smallest absolute Gasteiger partial charge is 0.416 e. The van der Waals surface area contributed by atoms with E-state index >= 15 is 0 Å². The Kier molecular flexibility index (Phi) is 7.72. The molecular formula is C20H37FN2O5SSi. The first-order chi connectivity index (χ1) is 13.5. The maximum Gasteiger partial charge on any atom is 0.416 e. The highest BCUT2D eigenvalue weighted by Gasteiger charge is 2.50. The second-order valence-corrected chi connectivity index (χ2v) is 16.3. The lowest BCUT2D eigenvalue weighted by molar-refractivity contribution is -0.135. The first-order valence-corrected chi connectivity index (χ1v) is 14.1. The average Bonchev–Trinajstić information content (AvgIpc) is 3.00. The summed E-state index contributed by atoms with van der Waals surface area (Å²) >= 11 is 1.18. The summed E-state index contributed by atoms with van der Waals surface area (Å²) in [7, 11) is -0.397. The van der Waals surface area contributed by atoms with Crippen LogP contribution in [0.5, 0.6) is 0 Å². The number of carbonyl (C=O) groups is 1. The van der Waals surface area contributed by atoms with Gasteiger partial charge in [-0.3, -0.25) is 9.89 Å². The van der Waals surface area contributed by atoms with Gasteiger partial charge in [-0.15, -0.1) is 0 Å².